The van der Waals surface area contributed by atoms with Crippen LogP contribution in [0.25, 0.3) is 0 Å². The summed E-state index contributed by atoms with van der Waals surface area (Å²) in [5, 5.41) is 2.85. The highest BCUT2D eigenvalue weighted by atomic mass is 79.9. The zero-order valence-corrected chi connectivity index (χ0v) is 16.2. The summed E-state index contributed by atoms with van der Waals surface area (Å²) in [5.41, 5.74) is 3.99. The number of anilines is 1. The van der Waals surface area contributed by atoms with Gasteiger partial charge >= 0.3 is 0 Å². The third-order valence-corrected chi connectivity index (χ3v) is 4.24. The molecule has 6 heteroatoms. The van der Waals surface area contributed by atoms with Crippen molar-refractivity contribution in [3.8, 4) is 0 Å². The molecule has 0 aliphatic carbocycles. The van der Waals surface area contributed by atoms with E-state index in [-0.39, 0.29) is 18.0 Å². The molecular formula is C19H20BrFN2O2. The van der Waals surface area contributed by atoms with Gasteiger partial charge in [0.15, 0.2) is 0 Å². The molecule has 25 heavy (non-hydrogen) atoms. The summed E-state index contributed by atoms with van der Waals surface area (Å²) < 4.78 is 13.9. The fourth-order valence-corrected chi connectivity index (χ4v) is 3.21. The predicted molar refractivity (Wildman–Crippen MR) is 100 cm³/mol. The Bertz CT molecular complexity index is 793. The van der Waals surface area contributed by atoms with E-state index in [4.69, 9.17) is 0 Å². The van der Waals surface area contributed by atoms with Crippen LogP contribution in [0.15, 0.2) is 34.8 Å². The third-order valence-electron chi connectivity index (χ3n) is 3.78. The topological polar surface area (TPSA) is 49.4 Å². The van der Waals surface area contributed by atoms with E-state index in [2.05, 4.69) is 21.2 Å². The van der Waals surface area contributed by atoms with Gasteiger partial charge in [0.25, 0.3) is 5.91 Å². The maximum atomic E-state index is 13.4. The molecule has 0 heterocycles. The summed E-state index contributed by atoms with van der Waals surface area (Å²) in [4.78, 5) is 25.9. The number of nitrogens with zero attached hydrogens (tertiary/aromatic N) is 1. The van der Waals surface area contributed by atoms with Crippen LogP contribution in [0.3, 0.4) is 0 Å². The number of aryl methyl sites for hydroxylation is 3. The van der Waals surface area contributed by atoms with Gasteiger partial charge in [0, 0.05) is 22.8 Å². The number of rotatable bonds is 4. The largest absolute Gasteiger partial charge is 0.332 e. The quantitative estimate of drug-likeness (QED) is 0.825. The van der Waals surface area contributed by atoms with Crippen LogP contribution in [0.1, 0.15) is 27.0 Å². The Labute approximate surface area is 155 Å². The predicted octanol–water partition coefficient (Wildman–Crippen LogP) is 4.22. The molecule has 0 aliphatic rings. The second kappa shape index (κ2) is 7.78. The van der Waals surface area contributed by atoms with Crippen molar-refractivity contribution in [2.45, 2.75) is 20.8 Å². The highest BCUT2D eigenvalue weighted by Crippen LogP contribution is 2.22. The van der Waals surface area contributed by atoms with Crippen molar-refractivity contribution in [3.63, 3.8) is 0 Å². The van der Waals surface area contributed by atoms with Gasteiger partial charge in [0.2, 0.25) is 5.91 Å². The Hall–Kier alpha value is -2.21. The molecule has 0 saturated heterocycles. The number of carbonyl (C=O) groups excluding carboxylic acids is 2. The summed E-state index contributed by atoms with van der Waals surface area (Å²) in [6.07, 6.45) is 0. The number of nitrogens with one attached hydrogen (secondary N) is 1. The first-order valence-electron chi connectivity index (χ1n) is 7.76. The molecule has 4 nitrogen and oxygen atoms in total. The van der Waals surface area contributed by atoms with Crippen molar-refractivity contribution in [1.82, 2.24) is 4.90 Å². The minimum atomic E-state index is -0.513. The number of amides is 2. The maximum absolute atomic E-state index is 13.4. The molecule has 0 fully saturated rings. The average molecular weight is 407 g/mol. The minimum absolute atomic E-state index is 0.125. The number of hydrogen-bond acceptors (Lipinski definition) is 2. The van der Waals surface area contributed by atoms with Gasteiger partial charge in [-0.15, -0.1) is 0 Å². The van der Waals surface area contributed by atoms with Gasteiger partial charge in [-0.25, -0.2) is 4.39 Å². The van der Waals surface area contributed by atoms with Gasteiger partial charge in [-0.1, -0.05) is 33.6 Å². The van der Waals surface area contributed by atoms with Crippen LogP contribution in [-0.2, 0) is 4.79 Å². The zero-order valence-electron chi connectivity index (χ0n) is 14.6. The summed E-state index contributed by atoms with van der Waals surface area (Å²) in [6.45, 7) is 5.72. The van der Waals surface area contributed by atoms with E-state index in [1.807, 2.05) is 32.9 Å². The highest BCUT2D eigenvalue weighted by molar-refractivity contribution is 9.10. The molecule has 0 saturated carbocycles. The average Bonchev–Trinajstić information content (AvgIpc) is 2.49. The Balaban J connectivity index is 2.08. The lowest BCUT2D eigenvalue weighted by atomic mass is 10.1. The molecule has 0 bridgehead atoms. The Kier molecular flexibility index (Phi) is 5.95. The number of likely N-dealkylation sites (N-methyl/N-ethyl adjacent to an activating group) is 1. The molecule has 0 aliphatic heterocycles. The summed E-state index contributed by atoms with van der Waals surface area (Å²) in [7, 11) is 1.51. The molecule has 2 rings (SSSR count). The molecule has 2 amide bonds. The fraction of sp³-hybridized carbons (Fsp3) is 0.263. The van der Waals surface area contributed by atoms with Gasteiger partial charge in [-0.3, -0.25) is 9.59 Å². The molecular weight excluding hydrogens is 387 g/mol. The Morgan fingerprint density at radius 1 is 1.08 bits per heavy atom. The van der Waals surface area contributed by atoms with Gasteiger partial charge in [-0.2, -0.15) is 0 Å². The Morgan fingerprint density at radius 2 is 1.68 bits per heavy atom. The van der Waals surface area contributed by atoms with Gasteiger partial charge in [0.05, 0.1) is 6.54 Å². The first-order chi connectivity index (χ1) is 11.7. The van der Waals surface area contributed by atoms with Crippen LogP contribution >= 0.6 is 15.9 Å². The van der Waals surface area contributed by atoms with E-state index in [1.165, 1.54) is 24.1 Å². The molecule has 0 aromatic heterocycles. The normalized spacial score (nSPS) is 10.5. The SMILES string of the molecule is Cc1cc(C)c(NC(=O)CN(C)C(=O)c2cc(F)cc(Br)c2)c(C)c1. The molecule has 2 aromatic carbocycles. The summed E-state index contributed by atoms with van der Waals surface area (Å²) in [5.74, 6) is -1.24. The van der Waals surface area contributed by atoms with E-state index in [9.17, 15) is 14.0 Å². The van der Waals surface area contributed by atoms with Crippen LogP contribution in [0.4, 0.5) is 10.1 Å². The maximum Gasteiger partial charge on any atom is 0.254 e. The van der Waals surface area contributed by atoms with E-state index in [0.29, 0.717) is 4.47 Å². The van der Waals surface area contributed by atoms with Gasteiger partial charge in [-0.05, 0) is 50.1 Å². The lowest BCUT2D eigenvalue weighted by Gasteiger charge is -2.18. The second-order valence-electron chi connectivity index (χ2n) is 6.14. The summed E-state index contributed by atoms with van der Waals surface area (Å²) in [6, 6.07) is 7.92. The lowest BCUT2D eigenvalue weighted by molar-refractivity contribution is -0.116. The molecule has 0 unspecified atom stereocenters. The summed E-state index contributed by atoms with van der Waals surface area (Å²) >= 11 is 3.16. The third kappa shape index (κ3) is 4.89. The van der Waals surface area contributed by atoms with E-state index >= 15 is 0 Å². The zero-order chi connectivity index (χ0) is 18.7. The van der Waals surface area contributed by atoms with E-state index in [1.54, 1.807) is 0 Å². The molecule has 2 aromatic rings. The van der Waals surface area contributed by atoms with Crippen LogP contribution in [0.5, 0.6) is 0 Å². The number of hydrogen-bond donors (Lipinski definition) is 1. The van der Waals surface area contributed by atoms with E-state index < -0.39 is 11.7 Å². The fourth-order valence-electron chi connectivity index (χ4n) is 2.74. The van der Waals surface area contributed by atoms with Crippen molar-refractivity contribution < 1.29 is 14.0 Å². The first kappa shape index (κ1) is 19.1. The van der Waals surface area contributed by atoms with Crippen LogP contribution < -0.4 is 5.32 Å². The molecule has 132 valence electrons. The van der Waals surface area contributed by atoms with Gasteiger partial charge < -0.3 is 10.2 Å². The first-order valence-corrected chi connectivity index (χ1v) is 8.56. The molecule has 1 N–H and O–H groups in total. The molecule has 0 atom stereocenters. The second-order valence-corrected chi connectivity index (χ2v) is 7.06. The van der Waals surface area contributed by atoms with Crippen molar-refractivity contribution in [1.29, 1.82) is 0 Å². The number of carbonyl (C=O) groups is 2. The smallest absolute Gasteiger partial charge is 0.254 e. The molecule has 0 spiro atoms. The minimum Gasteiger partial charge on any atom is -0.332 e. The van der Waals surface area contributed by atoms with E-state index in [0.717, 1.165) is 28.4 Å². The van der Waals surface area contributed by atoms with Gasteiger partial charge in [0.1, 0.15) is 5.82 Å². The van der Waals surface area contributed by atoms with Crippen molar-refractivity contribution in [2.75, 3.05) is 18.9 Å². The van der Waals surface area contributed by atoms with Crippen LogP contribution in [0.2, 0.25) is 0 Å². The van der Waals surface area contributed by atoms with Crippen molar-refractivity contribution in [3.05, 3.63) is 62.9 Å². The standard InChI is InChI=1S/C19H20BrFN2O2/c1-11-5-12(2)18(13(3)6-11)22-17(24)10-23(4)19(25)14-7-15(20)9-16(21)8-14/h5-9H,10H2,1-4H3,(H,22,24). The van der Waals surface area contributed by atoms with Crippen molar-refractivity contribution >= 4 is 33.4 Å². The molecule has 0 radical (unpaired) electrons. The van der Waals surface area contributed by atoms with Crippen LogP contribution in [0, 0.1) is 26.6 Å². The highest BCUT2D eigenvalue weighted by Gasteiger charge is 2.17. The monoisotopic (exact) mass is 406 g/mol. The number of halogens is 2. The van der Waals surface area contributed by atoms with Crippen LogP contribution in [-0.4, -0.2) is 30.3 Å². The van der Waals surface area contributed by atoms with Crippen molar-refractivity contribution in [2.24, 2.45) is 0 Å². The number of benzene rings is 2. The Morgan fingerprint density at radius 3 is 2.24 bits per heavy atom. The lowest BCUT2D eigenvalue weighted by Crippen LogP contribution is -2.35.